The molecule has 0 bridgehead atoms. The van der Waals surface area contributed by atoms with Crippen molar-refractivity contribution in [3.05, 3.63) is 82.0 Å². The molecule has 0 aliphatic heterocycles. The van der Waals surface area contributed by atoms with E-state index in [0.29, 0.717) is 12.4 Å². The van der Waals surface area contributed by atoms with Crippen LogP contribution in [-0.4, -0.2) is 39.2 Å². The normalized spacial score (nSPS) is 10.8. The third kappa shape index (κ3) is 6.36. The largest absolute Gasteiger partial charge is 0.400 e. The van der Waals surface area contributed by atoms with Crippen molar-refractivity contribution >= 4 is 17.7 Å². The Kier molecular flexibility index (Phi) is 9.31. The van der Waals surface area contributed by atoms with E-state index in [9.17, 15) is 9.59 Å². The van der Waals surface area contributed by atoms with Gasteiger partial charge >= 0.3 is 0 Å². The highest BCUT2D eigenvalue weighted by atomic mass is 16.2. The first-order chi connectivity index (χ1) is 15.5. The average molecular weight is 436 g/mol. The van der Waals surface area contributed by atoms with Crippen LogP contribution in [0.3, 0.4) is 0 Å². The van der Waals surface area contributed by atoms with Crippen molar-refractivity contribution in [3.63, 3.8) is 0 Å². The van der Waals surface area contributed by atoms with Gasteiger partial charge in [0, 0.05) is 31.6 Å². The minimum Gasteiger partial charge on any atom is -0.400 e. The number of nitrogen functional groups attached to an aromatic ring is 1. The van der Waals surface area contributed by atoms with Gasteiger partial charge in [-0.3, -0.25) is 19.1 Å². The molecule has 8 nitrogen and oxygen atoms in total. The van der Waals surface area contributed by atoms with Gasteiger partial charge in [0.1, 0.15) is 18.1 Å². The maximum atomic E-state index is 12.6. The molecular weight excluding hydrogens is 406 g/mol. The zero-order chi connectivity index (χ0) is 23.5. The van der Waals surface area contributed by atoms with Crippen LogP contribution < -0.4 is 16.6 Å². The molecule has 0 spiro atoms. The lowest BCUT2D eigenvalue weighted by Gasteiger charge is -2.13. The third-order valence-electron chi connectivity index (χ3n) is 4.70. The molecule has 2 aromatic heterocycles. The molecule has 0 aliphatic carbocycles. The number of aliphatic hydroxyl groups is 1. The summed E-state index contributed by atoms with van der Waals surface area (Å²) in [7, 11) is 1.00. The number of anilines is 1. The number of hydrogen-bond acceptors (Lipinski definition) is 6. The summed E-state index contributed by atoms with van der Waals surface area (Å²) < 4.78 is 1.30. The lowest BCUT2D eigenvalue weighted by atomic mass is 10.1. The highest BCUT2D eigenvalue weighted by Gasteiger charge is 2.14. The second-order valence-electron chi connectivity index (χ2n) is 6.99. The van der Waals surface area contributed by atoms with E-state index in [1.54, 1.807) is 6.20 Å². The molecule has 1 aromatic carbocycles. The van der Waals surface area contributed by atoms with Gasteiger partial charge in [0.25, 0.3) is 5.56 Å². The van der Waals surface area contributed by atoms with Crippen LogP contribution in [-0.2, 0) is 17.8 Å². The zero-order valence-corrected chi connectivity index (χ0v) is 18.6. The van der Waals surface area contributed by atoms with Crippen LogP contribution in [0.5, 0.6) is 0 Å². The third-order valence-corrected chi connectivity index (χ3v) is 4.70. The van der Waals surface area contributed by atoms with E-state index >= 15 is 0 Å². The number of aliphatic hydroxyl groups excluding tert-OH is 1. The fourth-order valence-corrected chi connectivity index (χ4v) is 3.11. The first kappa shape index (κ1) is 24.5. The van der Waals surface area contributed by atoms with Crippen molar-refractivity contribution in [1.29, 1.82) is 0 Å². The maximum Gasteiger partial charge on any atom is 0.277 e. The first-order valence-electron chi connectivity index (χ1n) is 10.2. The minimum absolute atomic E-state index is 0.00206. The Bertz CT molecular complexity index is 1120. The van der Waals surface area contributed by atoms with Crippen LogP contribution in [0.1, 0.15) is 25.0 Å². The molecule has 0 saturated heterocycles. The smallest absolute Gasteiger partial charge is 0.277 e. The molecule has 3 aromatic rings. The molecule has 32 heavy (non-hydrogen) atoms. The highest BCUT2D eigenvalue weighted by Crippen LogP contribution is 2.15. The van der Waals surface area contributed by atoms with Crippen LogP contribution in [0.15, 0.2) is 65.4 Å². The Morgan fingerprint density at radius 2 is 1.91 bits per heavy atom. The molecule has 3 rings (SSSR count). The summed E-state index contributed by atoms with van der Waals surface area (Å²) in [6.45, 7) is 4.23. The Hall–Kier alpha value is -3.78. The predicted molar refractivity (Wildman–Crippen MR) is 127 cm³/mol. The molecule has 2 heterocycles. The summed E-state index contributed by atoms with van der Waals surface area (Å²) in [5.41, 5.74) is 9.25. The van der Waals surface area contributed by atoms with Gasteiger partial charge in [-0.05, 0) is 30.5 Å². The van der Waals surface area contributed by atoms with Crippen molar-refractivity contribution in [2.24, 2.45) is 0 Å². The summed E-state index contributed by atoms with van der Waals surface area (Å²) in [5, 5.41) is 9.86. The van der Waals surface area contributed by atoms with Crippen molar-refractivity contribution < 1.29 is 9.90 Å². The standard InChI is InChI=1S/C23H25N5O2.CH4O/c1-3-17-9-10-25-13-19(17)11-16(2)12-26-21(29)15-28-22(18-7-5-4-6-8-18)27-14-20(24)23(28)30;1-2/h4-11,13-14H,3,12,15,24H2,1-2H3,(H,26,29);2H,1H3/b16-11+;. The van der Waals surface area contributed by atoms with Crippen LogP contribution in [0.4, 0.5) is 5.69 Å². The summed E-state index contributed by atoms with van der Waals surface area (Å²) in [6, 6.07) is 11.2. The van der Waals surface area contributed by atoms with Crippen LogP contribution in [0.2, 0.25) is 0 Å². The lowest BCUT2D eigenvalue weighted by Crippen LogP contribution is -2.35. The monoisotopic (exact) mass is 435 g/mol. The first-order valence-corrected chi connectivity index (χ1v) is 10.2. The summed E-state index contributed by atoms with van der Waals surface area (Å²) in [6.07, 6.45) is 7.83. The SMILES string of the molecule is CCc1ccncc1/C=C(\C)CNC(=O)Cn1c(-c2ccccc2)ncc(N)c1=O.CO. The molecule has 0 fully saturated rings. The molecule has 1 amide bonds. The van der Waals surface area contributed by atoms with E-state index in [1.165, 1.54) is 16.3 Å². The number of hydrogen-bond donors (Lipinski definition) is 3. The molecule has 0 atom stereocenters. The number of aryl methyl sites for hydroxylation is 1. The Morgan fingerprint density at radius 3 is 2.59 bits per heavy atom. The second-order valence-corrected chi connectivity index (χ2v) is 6.99. The number of nitrogens with zero attached hydrogens (tertiary/aromatic N) is 3. The number of benzene rings is 1. The van der Waals surface area contributed by atoms with Gasteiger partial charge in [-0.15, -0.1) is 0 Å². The van der Waals surface area contributed by atoms with E-state index < -0.39 is 5.56 Å². The fraction of sp³-hybridized carbons (Fsp3) is 0.250. The summed E-state index contributed by atoms with van der Waals surface area (Å²) in [4.78, 5) is 33.5. The van der Waals surface area contributed by atoms with Crippen molar-refractivity contribution in [1.82, 2.24) is 19.9 Å². The molecular formula is C24H29N5O3. The van der Waals surface area contributed by atoms with Gasteiger partial charge in [0.05, 0.1) is 6.20 Å². The number of rotatable bonds is 7. The Morgan fingerprint density at radius 1 is 1.19 bits per heavy atom. The molecule has 8 heteroatoms. The number of nitrogens with one attached hydrogen (secondary N) is 1. The minimum atomic E-state index is -0.436. The number of carbonyl (C=O) groups excluding carboxylic acids is 1. The quantitative estimate of drug-likeness (QED) is 0.523. The Labute approximate surface area is 187 Å². The van der Waals surface area contributed by atoms with Crippen molar-refractivity contribution in [2.75, 3.05) is 19.4 Å². The maximum absolute atomic E-state index is 12.6. The number of carbonyl (C=O) groups is 1. The van der Waals surface area contributed by atoms with E-state index in [0.717, 1.165) is 30.2 Å². The van der Waals surface area contributed by atoms with Crippen LogP contribution in [0.25, 0.3) is 17.5 Å². The van der Waals surface area contributed by atoms with E-state index in [1.807, 2.05) is 55.6 Å². The summed E-state index contributed by atoms with van der Waals surface area (Å²) >= 11 is 0. The van der Waals surface area contributed by atoms with Gasteiger partial charge in [-0.25, -0.2) is 4.98 Å². The number of pyridine rings is 1. The van der Waals surface area contributed by atoms with E-state index in [2.05, 4.69) is 22.2 Å². The topological polar surface area (TPSA) is 123 Å². The molecule has 0 saturated carbocycles. The van der Waals surface area contributed by atoms with Crippen molar-refractivity contribution in [2.45, 2.75) is 26.8 Å². The van der Waals surface area contributed by atoms with Gasteiger partial charge in [0.15, 0.2) is 0 Å². The lowest BCUT2D eigenvalue weighted by molar-refractivity contribution is -0.121. The number of nitrogens with two attached hydrogens (primary N) is 1. The number of aromatic nitrogens is 3. The number of amides is 1. The Balaban J connectivity index is 0.00000176. The average Bonchev–Trinajstić information content (AvgIpc) is 2.83. The van der Waals surface area contributed by atoms with Crippen LogP contribution in [0, 0.1) is 0 Å². The molecule has 0 aliphatic rings. The zero-order valence-electron chi connectivity index (χ0n) is 18.6. The van der Waals surface area contributed by atoms with E-state index in [4.69, 9.17) is 10.8 Å². The van der Waals surface area contributed by atoms with Gasteiger partial charge in [0.2, 0.25) is 5.91 Å². The second kappa shape index (κ2) is 12.2. The molecule has 4 N–H and O–H groups in total. The van der Waals surface area contributed by atoms with Gasteiger partial charge in [-0.2, -0.15) is 0 Å². The highest BCUT2D eigenvalue weighted by molar-refractivity contribution is 5.77. The predicted octanol–water partition coefficient (Wildman–Crippen LogP) is 2.28. The summed E-state index contributed by atoms with van der Waals surface area (Å²) in [5.74, 6) is 0.108. The van der Waals surface area contributed by atoms with Crippen molar-refractivity contribution in [3.8, 4) is 11.4 Å². The van der Waals surface area contributed by atoms with Crippen LogP contribution >= 0.6 is 0 Å². The van der Waals surface area contributed by atoms with Gasteiger partial charge in [-0.1, -0.05) is 48.9 Å². The van der Waals surface area contributed by atoms with Gasteiger partial charge < -0.3 is 16.2 Å². The fourth-order valence-electron chi connectivity index (χ4n) is 3.11. The molecule has 168 valence electrons. The molecule has 0 radical (unpaired) electrons. The van der Waals surface area contributed by atoms with E-state index in [-0.39, 0.29) is 18.1 Å². The molecule has 0 unspecified atom stereocenters.